The first-order chi connectivity index (χ1) is 20.5. The number of allylic oxidation sites excluding steroid dienone is 1. The van der Waals surface area contributed by atoms with Crippen LogP contribution >= 0.6 is 0 Å². The smallest absolute Gasteiger partial charge is 0.315 e. The molecule has 43 heavy (non-hydrogen) atoms. The number of ether oxygens (including phenoxy) is 3. The number of aldehydes is 1. The second kappa shape index (κ2) is 11.0. The molecule has 0 aromatic heterocycles. The van der Waals surface area contributed by atoms with Crippen LogP contribution in [0.25, 0.3) is 0 Å². The van der Waals surface area contributed by atoms with Gasteiger partial charge in [0, 0.05) is 37.7 Å². The van der Waals surface area contributed by atoms with Crippen molar-refractivity contribution < 1.29 is 37.7 Å². The zero-order valence-electron chi connectivity index (χ0n) is 25.9. The first kappa shape index (κ1) is 30.8. The second-order valence-electron chi connectivity index (χ2n) is 14.2. The van der Waals surface area contributed by atoms with Gasteiger partial charge in [-0.2, -0.15) is 0 Å². The number of methoxy groups -OCH3 is 1. The lowest BCUT2D eigenvalue weighted by molar-refractivity contribution is -0.220. The molecule has 0 spiro atoms. The van der Waals surface area contributed by atoms with E-state index in [0.29, 0.717) is 25.3 Å². The maximum Gasteiger partial charge on any atom is 0.315 e. The summed E-state index contributed by atoms with van der Waals surface area (Å²) >= 11 is 0. The van der Waals surface area contributed by atoms with Gasteiger partial charge in [0.2, 0.25) is 0 Å². The monoisotopic (exact) mass is 601 g/mol. The molecular weight excluding hydrogens is 556 g/mol. The van der Waals surface area contributed by atoms with Gasteiger partial charge < -0.3 is 24.1 Å². The van der Waals surface area contributed by atoms with Crippen molar-refractivity contribution in [1.29, 1.82) is 0 Å². The second-order valence-corrected chi connectivity index (χ2v) is 14.2. The molecule has 5 aliphatic rings. The Bertz CT molecular complexity index is 1280. The minimum atomic E-state index is -1.34. The number of nitrogens with zero attached hydrogens (tertiary/aromatic N) is 1. The fourth-order valence-electron chi connectivity index (χ4n) is 10.3. The molecule has 1 N–H and O–H groups in total. The topological polar surface area (TPSA) is 85.3 Å². The van der Waals surface area contributed by atoms with Gasteiger partial charge in [0.15, 0.2) is 6.29 Å². The van der Waals surface area contributed by atoms with Crippen LogP contribution < -0.4 is 0 Å². The number of carbonyl (C=O) groups excluding carboxylic acids is 1. The molecule has 7 nitrogen and oxygen atoms in total. The van der Waals surface area contributed by atoms with Crippen molar-refractivity contribution in [1.82, 2.24) is 4.90 Å². The number of hydrogen-bond donors (Lipinski definition) is 1. The molecule has 0 radical (unpaired) electrons. The maximum absolute atomic E-state index is 14.6. The molecule has 236 valence electrons. The third-order valence-electron chi connectivity index (χ3n) is 12.1. The van der Waals surface area contributed by atoms with Crippen molar-refractivity contribution in [2.45, 2.75) is 78.4 Å². The average molecular weight is 602 g/mol. The van der Waals surface area contributed by atoms with E-state index in [1.165, 1.54) is 18.2 Å². The van der Waals surface area contributed by atoms with Gasteiger partial charge in [-0.15, -0.1) is 0 Å². The average Bonchev–Trinajstić information content (AvgIpc) is 3.48. The number of halogens is 2. The van der Waals surface area contributed by atoms with Crippen LogP contribution in [0.5, 0.6) is 0 Å². The van der Waals surface area contributed by atoms with Crippen molar-refractivity contribution in [2.24, 2.45) is 45.8 Å². The molecule has 1 aromatic rings. The molecule has 6 rings (SSSR count). The molecule has 1 heterocycles. The van der Waals surface area contributed by atoms with Crippen molar-refractivity contribution in [3.8, 4) is 0 Å². The minimum Gasteiger partial charge on any atom is -0.481 e. The summed E-state index contributed by atoms with van der Waals surface area (Å²) in [6.07, 6.45) is 4.73. The summed E-state index contributed by atoms with van der Waals surface area (Å²) in [6.45, 7) is 8.90. The van der Waals surface area contributed by atoms with Crippen LogP contribution in [0, 0.1) is 57.5 Å². The Morgan fingerprint density at radius 1 is 1.19 bits per heavy atom. The van der Waals surface area contributed by atoms with Crippen LogP contribution in [0.15, 0.2) is 29.8 Å². The molecule has 2 unspecified atom stereocenters. The van der Waals surface area contributed by atoms with Gasteiger partial charge in [-0.25, -0.2) is 8.78 Å². The Labute approximate surface area is 252 Å². The SMILES string of the molecule is CO[C@H]1CN(Cc2c(F)cccc2F)C[C@H](OCC23C[C@@H]4[C@H](C)CC[C@H]4[C@@]4(C=O)CC2C=C(C(C)C)[C@@]34C(=O)O)O[C@@H]1C. The fraction of sp³-hybridized carbons (Fsp3) is 0.706. The van der Waals surface area contributed by atoms with Crippen LogP contribution in [0.1, 0.15) is 58.9 Å². The van der Waals surface area contributed by atoms with Crippen LogP contribution in [-0.2, 0) is 30.3 Å². The zero-order chi connectivity index (χ0) is 30.9. The zero-order valence-corrected chi connectivity index (χ0v) is 25.9. The molecule has 1 aliphatic heterocycles. The number of rotatable bonds is 9. The largest absolute Gasteiger partial charge is 0.481 e. The highest BCUT2D eigenvalue weighted by Gasteiger charge is 2.84. The molecule has 4 bridgehead atoms. The highest BCUT2D eigenvalue weighted by molar-refractivity contribution is 5.90. The van der Waals surface area contributed by atoms with Gasteiger partial charge in [0.05, 0.1) is 24.2 Å². The number of carboxylic acid groups (broad SMARTS) is 1. The first-order valence-corrected chi connectivity index (χ1v) is 15.8. The molecule has 9 heteroatoms. The van der Waals surface area contributed by atoms with E-state index in [1.54, 1.807) is 7.11 Å². The Hall–Kier alpha value is -2.20. The van der Waals surface area contributed by atoms with Crippen LogP contribution in [-0.4, -0.2) is 67.6 Å². The number of fused-ring (bicyclic) bond motifs is 2. The summed E-state index contributed by atoms with van der Waals surface area (Å²) in [5, 5.41) is 11.2. The Balaban J connectivity index is 1.35. The number of hydrogen-bond acceptors (Lipinski definition) is 6. The van der Waals surface area contributed by atoms with E-state index in [-0.39, 0.29) is 61.1 Å². The normalized spacial score (nSPS) is 42.1. The highest BCUT2D eigenvalue weighted by atomic mass is 19.1. The van der Waals surface area contributed by atoms with Gasteiger partial charge in [0.25, 0.3) is 0 Å². The van der Waals surface area contributed by atoms with E-state index in [9.17, 15) is 23.5 Å². The summed E-state index contributed by atoms with van der Waals surface area (Å²) in [6, 6.07) is 3.84. The molecule has 10 atom stereocenters. The highest BCUT2D eigenvalue weighted by Crippen LogP contribution is 2.82. The summed E-state index contributed by atoms with van der Waals surface area (Å²) in [7, 11) is 1.58. The lowest BCUT2D eigenvalue weighted by atomic mass is 9.43. The Kier molecular flexibility index (Phi) is 7.88. The number of carboxylic acids is 1. The number of carbonyl (C=O) groups is 2. The third-order valence-corrected chi connectivity index (χ3v) is 12.1. The molecule has 4 aliphatic carbocycles. The summed E-state index contributed by atoms with van der Waals surface area (Å²) in [5.41, 5.74) is -2.27. The molecule has 0 amide bonds. The predicted octanol–water partition coefficient (Wildman–Crippen LogP) is 5.47. The Morgan fingerprint density at radius 3 is 2.53 bits per heavy atom. The van der Waals surface area contributed by atoms with E-state index in [0.717, 1.165) is 24.7 Å². The molecule has 4 fully saturated rings. The van der Waals surface area contributed by atoms with Crippen molar-refractivity contribution >= 4 is 12.3 Å². The van der Waals surface area contributed by atoms with Gasteiger partial charge in [0.1, 0.15) is 23.3 Å². The quantitative estimate of drug-likeness (QED) is 0.297. The van der Waals surface area contributed by atoms with Crippen LogP contribution in [0.2, 0.25) is 0 Å². The molecular formula is C34H45F2NO6. The van der Waals surface area contributed by atoms with E-state index in [2.05, 4.69) is 13.0 Å². The summed E-state index contributed by atoms with van der Waals surface area (Å²) in [5.74, 6) is -1.59. The summed E-state index contributed by atoms with van der Waals surface area (Å²) < 4.78 is 47.9. The maximum atomic E-state index is 14.6. The lowest BCUT2D eigenvalue weighted by Crippen LogP contribution is -2.63. The standard InChI is InChI=1S/C34H45F2NO6/c1-19(2)26-11-22-12-32(17-38)25-10-9-20(3)23(25)13-33(22,34(26,32)31(39)40)18-42-30-16-37(15-29(41-5)21(4)43-30)14-24-27(35)7-6-8-28(24)36/h6-8,11,17,19-23,25,29-30H,9-10,12-16,18H2,1-5H3,(H,39,40)/t20-,21-,22?,23-,25-,29+,30-,32+,33?,34+/m1/s1. The molecule has 1 aromatic carbocycles. The molecule has 1 saturated heterocycles. The fourth-order valence-corrected chi connectivity index (χ4v) is 10.3. The first-order valence-electron chi connectivity index (χ1n) is 15.8. The van der Waals surface area contributed by atoms with Gasteiger partial charge >= 0.3 is 5.97 Å². The predicted molar refractivity (Wildman–Crippen MR) is 155 cm³/mol. The number of benzene rings is 1. The van der Waals surface area contributed by atoms with Gasteiger partial charge in [-0.05, 0) is 67.9 Å². The van der Waals surface area contributed by atoms with Crippen molar-refractivity contribution in [2.75, 3.05) is 26.8 Å². The van der Waals surface area contributed by atoms with E-state index in [4.69, 9.17) is 14.2 Å². The number of aliphatic carboxylic acids is 1. The van der Waals surface area contributed by atoms with E-state index < -0.39 is 40.1 Å². The van der Waals surface area contributed by atoms with Gasteiger partial charge in [-0.1, -0.05) is 44.9 Å². The van der Waals surface area contributed by atoms with Crippen molar-refractivity contribution in [3.63, 3.8) is 0 Å². The van der Waals surface area contributed by atoms with Crippen LogP contribution in [0.3, 0.4) is 0 Å². The summed E-state index contributed by atoms with van der Waals surface area (Å²) in [4.78, 5) is 28.9. The lowest BCUT2D eigenvalue weighted by Gasteiger charge is -2.58. The van der Waals surface area contributed by atoms with E-state index >= 15 is 0 Å². The van der Waals surface area contributed by atoms with E-state index in [1.807, 2.05) is 25.7 Å². The molecule has 3 saturated carbocycles. The van der Waals surface area contributed by atoms with Gasteiger partial charge in [-0.3, -0.25) is 9.69 Å². The Morgan fingerprint density at radius 2 is 1.91 bits per heavy atom. The van der Waals surface area contributed by atoms with Crippen molar-refractivity contribution in [3.05, 3.63) is 47.0 Å². The third kappa shape index (κ3) is 4.24. The van der Waals surface area contributed by atoms with Crippen LogP contribution in [0.4, 0.5) is 8.78 Å². The minimum absolute atomic E-state index is 0.00964.